The van der Waals surface area contributed by atoms with Crippen molar-refractivity contribution in [2.45, 2.75) is 0 Å². The van der Waals surface area contributed by atoms with E-state index in [1.54, 1.807) is 0 Å². The summed E-state index contributed by atoms with van der Waals surface area (Å²) in [5, 5.41) is 10.0. The van der Waals surface area contributed by atoms with Gasteiger partial charge in [-0.25, -0.2) is 0 Å². The van der Waals surface area contributed by atoms with E-state index >= 15 is 0 Å². The molecule has 0 aliphatic rings. The lowest BCUT2D eigenvalue weighted by Crippen LogP contribution is -1.95. The first-order valence-corrected chi connectivity index (χ1v) is 30.3. The molecule has 4 aromatic heterocycles. The Kier molecular flexibility index (Phi) is 11.3. The molecule has 0 aliphatic heterocycles. The molecule has 0 fully saturated rings. The summed E-state index contributed by atoms with van der Waals surface area (Å²) in [7, 11) is 0. The third-order valence-electron chi connectivity index (χ3n) is 18.4. The van der Waals surface area contributed by atoms with Gasteiger partial charge < -0.3 is 18.3 Å². The molecule has 0 amide bonds. The standard InChI is InChI=1S/C84H54N4/c1-7-27-76-69(20-1)70-21-2-8-28-77(70)85(76)64-43-34-55(35-44-64)56-36-45-66(46-37-56)87-81-32-12-6-25-75(81)84-68(26-15-33-82(84)87)63-42-51-74-73-24-5-11-31-80(73)88(83(74)54-63)67-49-40-58(41-50-67)60-17-14-19-62(53-60)61-18-13-16-59(52-61)57-38-47-65(48-39-57)86-78-29-9-3-22-71(78)72-23-4-10-30-79(72)86/h1-54H. The molecule has 0 atom stereocenters. The van der Waals surface area contributed by atoms with Crippen molar-refractivity contribution in [3.05, 3.63) is 328 Å². The second-order valence-electron chi connectivity index (χ2n) is 23.2. The third-order valence-corrected chi connectivity index (χ3v) is 18.4. The van der Waals surface area contributed by atoms with Crippen molar-refractivity contribution in [1.29, 1.82) is 0 Å². The summed E-state index contributed by atoms with van der Waals surface area (Å²) in [5.74, 6) is 0. The van der Waals surface area contributed by atoms with Gasteiger partial charge in [0.2, 0.25) is 0 Å². The molecular formula is C84H54N4. The minimum absolute atomic E-state index is 1.12. The van der Waals surface area contributed by atoms with Crippen molar-refractivity contribution in [2.75, 3.05) is 0 Å². The molecular weight excluding hydrogens is 1060 g/mol. The maximum Gasteiger partial charge on any atom is 0.0547 e. The molecule has 0 N–H and O–H groups in total. The minimum Gasteiger partial charge on any atom is -0.309 e. The molecule has 14 aromatic carbocycles. The number of aromatic nitrogens is 4. The Morgan fingerprint density at radius 3 is 0.795 bits per heavy atom. The predicted molar refractivity (Wildman–Crippen MR) is 371 cm³/mol. The summed E-state index contributed by atoms with van der Waals surface area (Å²) < 4.78 is 9.62. The van der Waals surface area contributed by atoms with Crippen molar-refractivity contribution >= 4 is 87.2 Å². The van der Waals surface area contributed by atoms with Crippen LogP contribution in [0.2, 0.25) is 0 Å². The summed E-state index contributed by atoms with van der Waals surface area (Å²) in [5.41, 5.74) is 26.0. The SMILES string of the molecule is c1cc(-c2ccc(-n3c4ccccc4c4ccccc43)cc2)cc(-c2cccc(-c3ccc(-n4c5ccccc5c5ccc(-c6cccc7c6c6ccccc6n7-c6ccc(-c7ccc(-n8c9ccccc9c9ccccc98)cc7)cc6)cc54)cc3)c2)c1. The maximum absolute atomic E-state index is 2.44. The number of nitrogens with zero attached hydrogens (tertiary/aromatic N) is 4. The van der Waals surface area contributed by atoms with Crippen molar-refractivity contribution in [2.24, 2.45) is 0 Å². The van der Waals surface area contributed by atoms with Gasteiger partial charge >= 0.3 is 0 Å². The van der Waals surface area contributed by atoms with E-state index in [1.165, 1.54) is 143 Å². The first-order valence-electron chi connectivity index (χ1n) is 30.3. The fourth-order valence-corrected chi connectivity index (χ4v) is 14.3. The molecule has 0 saturated heterocycles. The summed E-state index contributed by atoms with van der Waals surface area (Å²) in [6.45, 7) is 0. The van der Waals surface area contributed by atoms with E-state index in [-0.39, 0.29) is 0 Å². The fraction of sp³-hybridized carbons (Fsp3) is 0. The zero-order valence-corrected chi connectivity index (χ0v) is 48.0. The van der Waals surface area contributed by atoms with Crippen LogP contribution in [0.3, 0.4) is 0 Å². The number of fused-ring (bicyclic) bond motifs is 12. The highest BCUT2D eigenvalue weighted by molar-refractivity contribution is 6.17. The molecule has 0 spiro atoms. The summed E-state index contributed by atoms with van der Waals surface area (Å²) in [4.78, 5) is 0. The molecule has 0 unspecified atom stereocenters. The summed E-state index contributed by atoms with van der Waals surface area (Å²) in [6.07, 6.45) is 0. The van der Waals surface area contributed by atoms with Gasteiger partial charge in [-0.15, -0.1) is 0 Å². The normalized spacial score (nSPS) is 11.9. The second-order valence-corrected chi connectivity index (χ2v) is 23.2. The van der Waals surface area contributed by atoms with Gasteiger partial charge in [0.25, 0.3) is 0 Å². The molecule has 4 nitrogen and oxygen atoms in total. The zero-order valence-electron chi connectivity index (χ0n) is 48.0. The average Bonchev–Trinajstić information content (AvgIpc) is 1.87. The van der Waals surface area contributed by atoms with Crippen LogP contribution in [0.5, 0.6) is 0 Å². The fourth-order valence-electron chi connectivity index (χ4n) is 14.3. The van der Waals surface area contributed by atoms with Crippen molar-refractivity contribution < 1.29 is 0 Å². The van der Waals surface area contributed by atoms with Crippen LogP contribution in [0.1, 0.15) is 0 Å². The highest BCUT2D eigenvalue weighted by Gasteiger charge is 2.20. The Balaban J connectivity index is 0.652. The Hall–Kier alpha value is -11.7. The predicted octanol–water partition coefficient (Wildman–Crippen LogP) is 22.4. The van der Waals surface area contributed by atoms with Crippen LogP contribution in [0.4, 0.5) is 0 Å². The lowest BCUT2D eigenvalue weighted by molar-refractivity contribution is 1.18. The Labute approximate surface area is 508 Å². The van der Waals surface area contributed by atoms with Gasteiger partial charge in [-0.3, -0.25) is 0 Å². The van der Waals surface area contributed by atoms with E-state index < -0.39 is 0 Å². The number of hydrogen-bond acceptors (Lipinski definition) is 0. The summed E-state index contributed by atoms with van der Waals surface area (Å²) >= 11 is 0. The minimum atomic E-state index is 1.12. The van der Waals surface area contributed by atoms with Gasteiger partial charge in [-0.1, -0.05) is 218 Å². The molecule has 4 heterocycles. The van der Waals surface area contributed by atoms with Gasteiger partial charge in [0.1, 0.15) is 0 Å². The van der Waals surface area contributed by atoms with Crippen LogP contribution in [0.25, 0.3) is 166 Å². The number of para-hydroxylation sites is 6. The first-order chi connectivity index (χ1) is 43.6. The van der Waals surface area contributed by atoms with Crippen molar-refractivity contribution in [3.63, 3.8) is 0 Å². The van der Waals surface area contributed by atoms with Gasteiger partial charge in [-0.2, -0.15) is 0 Å². The summed E-state index contributed by atoms with van der Waals surface area (Å²) in [6, 6.07) is 120. The lowest BCUT2D eigenvalue weighted by Gasteiger charge is -2.12. The largest absolute Gasteiger partial charge is 0.309 e. The molecule has 0 aliphatic carbocycles. The molecule has 18 aromatic rings. The van der Waals surface area contributed by atoms with Gasteiger partial charge in [0.15, 0.2) is 0 Å². The molecule has 18 rings (SSSR count). The Morgan fingerprint density at radius 2 is 0.409 bits per heavy atom. The topological polar surface area (TPSA) is 19.7 Å². The van der Waals surface area contributed by atoms with E-state index in [1.807, 2.05) is 0 Å². The molecule has 4 heteroatoms. The highest BCUT2D eigenvalue weighted by Crippen LogP contribution is 2.43. The average molecular weight is 1120 g/mol. The van der Waals surface area contributed by atoms with Crippen molar-refractivity contribution in [1.82, 2.24) is 18.3 Å². The van der Waals surface area contributed by atoms with E-state index in [4.69, 9.17) is 0 Å². The Bertz CT molecular complexity index is 5670. The number of rotatable bonds is 9. The lowest BCUT2D eigenvalue weighted by atomic mass is 9.96. The second kappa shape index (κ2) is 20.0. The van der Waals surface area contributed by atoms with Crippen LogP contribution in [0.15, 0.2) is 328 Å². The van der Waals surface area contributed by atoms with E-state index in [2.05, 4.69) is 346 Å². The van der Waals surface area contributed by atoms with Gasteiger partial charge in [0, 0.05) is 65.8 Å². The van der Waals surface area contributed by atoms with Crippen LogP contribution in [0, 0.1) is 0 Å². The van der Waals surface area contributed by atoms with Crippen LogP contribution < -0.4 is 0 Å². The monoisotopic (exact) mass is 1120 g/mol. The molecule has 0 bridgehead atoms. The van der Waals surface area contributed by atoms with E-state index in [9.17, 15) is 0 Å². The maximum atomic E-state index is 2.44. The van der Waals surface area contributed by atoms with E-state index in [0.717, 1.165) is 22.7 Å². The Morgan fingerprint density at radius 1 is 0.148 bits per heavy atom. The number of benzene rings is 14. The molecule has 0 radical (unpaired) electrons. The molecule has 410 valence electrons. The van der Waals surface area contributed by atoms with Crippen LogP contribution in [-0.4, -0.2) is 18.3 Å². The molecule has 88 heavy (non-hydrogen) atoms. The van der Waals surface area contributed by atoms with E-state index in [0.29, 0.717) is 0 Å². The smallest absolute Gasteiger partial charge is 0.0547 e. The molecule has 0 saturated carbocycles. The third kappa shape index (κ3) is 7.86. The number of hydrogen-bond donors (Lipinski definition) is 0. The highest BCUT2D eigenvalue weighted by atomic mass is 15.0. The van der Waals surface area contributed by atoms with Gasteiger partial charge in [0.05, 0.1) is 44.1 Å². The quantitative estimate of drug-likeness (QED) is 0.137. The van der Waals surface area contributed by atoms with Crippen LogP contribution in [-0.2, 0) is 0 Å². The van der Waals surface area contributed by atoms with Gasteiger partial charge in [-0.05, 0) is 165 Å². The van der Waals surface area contributed by atoms with Crippen LogP contribution >= 0.6 is 0 Å². The van der Waals surface area contributed by atoms with Crippen molar-refractivity contribution in [3.8, 4) is 78.4 Å². The first kappa shape index (κ1) is 49.7. The zero-order chi connectivity index (χ0) is 57.8.